The van der Waals surface area contributed by atoms with Crippen molar-refractivity contribution >= 4 is 23.2 Å². The lowest BCUT2D eigenvalue weighted by atomic mass is 10.2. The highest BCUT2D eigenvalue weighted by molar-refractivity contribution is 6.29. The van der Waals surface area contributed by atoms with Gasteiger partial charge >= 0.3 is 0 Å². The van der Waals surface area contributed by atoms with Crippen LogP contribution in [0.25, 0.3) is 0 Å². The number of aromatic hydroxyl groups is 1. The molecule has 1 amide bonds. The molecule has 0 atom stereocenters. The Bertz CT molecular complexity index is 632. The van der Waals surface area contributed by atoms with E-state index in [0.717, 1.165) is 0 Å². The molecule has 0 aliphatic carbocycles. The normalized spacial score (nSPS) is 10.1. The molecule has 5 nitrogen and oxygen atoms in total. The van der Waals surface area contributed by atoms with E-state index >= 15 is 0 Å². The van der Waals surface area contributed by atoms with Gasteiger partial charge < -0.3 is 15.2 Å². The summed E-state index contributed by atoms with van der Waals surface area (Å²) >= 11 is 5.78. The largest absolute Gasteiger partial charge is 0.506 e. The van der Waals surface area contributed by atoms with Gasteiger partial charge in [-0.15, -0.1) is 0 Å². The van der Waals surface area contributed by atoms with Crippen LogP contribution >= 0.6 is 11.6 Å². The Kier molecular flexibility index (Phi) is 4.42. The zero-order valence-electron chi connectivity index (χ0n) is 10.8. The van der Waals surface area contributed by atoms with Gasteiger partial charge in [0.2, 0.25) is 5.88 Å². The second-order valence-electron chi connectivity index (χ2n) is 3.89. The molecule has 0 fully saturated rings. The second kappa shape index (κ2) is 6.25. The van der Waals surface area contributed by atoms with E-state index in [4.69, 9.17) is 16.3 Å². The lowest BCUT2D eigenvalue weighted by molar-refractivity contribution is 0.102. The molecule has 0 aliphatic heterocycles. The van der Waals surface area contributed by atoms with Gasteiger partial charge in [-0.05, 0) is 31.2 Å². The van der Waals surface area contributed by atoms with E-state index in [1.54, 1.807) is 25.1 Å². The third-order valence-corrected chi connectivity index (χ3v) is 2.71. The summed E-state index contributed by atoms with van der Waals surface area (Å²) in [5, 5.41) is 12.5. The van der Waals surface area contributed by atoms with Crippen LogP contribution in [0.5, 0.6) is 11.6 Å². The van der Waals surface area contributed by atoms with Crippen LogP contribution in [0.1, 0.15) is 17.3 Å². The Morgan fingerprint density at radius 1 is 1.35 bits per heavy atom. The summed E-state index contributed by atoms with van der Waals surface area (Å²) in [6.45, 7) is 2.15. The number of halogens is 1. The van der Waals surface area contributed by atoms with Crippen LogP contribution in [0.15, 0.2) is 36.4 Å². The molecule has 0 saturated heterocycles. The Morgan fingerprint density at radius 2 is 2.10 bits per heavy atom. The van der Waals surface area contributed by atoms with Crippen molar-refractivity contribution in [1.82, 2.24) is 4.98 Å². The predicted octanol–water partition coefficient (Wildman–Crippen LogP) is 3.09. The molecule has 0 radical (unpaired) electrons. The first-order valence-corrected chi connectivity index (χ1v) is 6.38. The summed E-state index contributed by atoms with van der Waals surface area (Å²) in [7, 11) is 0. The van der Waals surface area contributed by atoms with Crippen LogP contribution in [-0.2, 0) is 0 Å². The monoisotopic (exact) mass is 292 g/mol. The van der Waals surface area contributed by atoms with Crippen LogP contribution in [0.3, 0.4) is 0 Å². The Hall–Kier alpha value is -2.27. The van der Waals surface area contributed by atoms with Gasteiger partial charge in [0.1, 0.15) is 16.5 Å². The molecule has 0 saturated carbocycles. The van der Waals surface area contributed by atoms with Gasteiger partial charge in [-0.2, -0.15) is 0 Å². The molecule has 0 aliphatic rings. The summed E-state index contributed by atoms with van der Waals surface area (Å²) in [6, 6.07) is 9.48. The number of carbonyl (C=O) groups is 1. The van der Waals surface area contributed by atoms with Crippen molar-refractivity contribution in [2.24, 2.45) is 0 Å². The van der Waals surface area contributed by atoms with E-state index in [1.807, 2.05) is 0 Å². The zero-order chi connectivity index (χ0) is 14.5. The summed E-state index contributed by atoms with van der Waals surface area (Å²) in [4.78, 5) is 16.2. The summed E-state index contributed by atoms with van der Waals surface area (Å²) in [5.74, 6) is -0.284. The van der Waals surface area contributed by atoms with Gasteiger partial charge in [-0.1, -0.05) is 23.7 Å². The molecule has 0 bridgehead atoms. The number of nitrogens with zero attached hydrogens (tertiary/aromatic N) is 1. The second-order valence-corrected chi connectivity index (χ2v) is 4.28. The van der Waals surface area contributed by atoms with Crippen molar-refractivity contribution in [3.05, 3.63) is 47.1 Å². The lowest BCUT2D eigenvalue weighted by Crippen LogP contribution is -2.14. The summed E-state index contributed by atoms with van der Waals surface area (Å²) in [5.41, 5.74) is 0.564. The maximum absolute atomic E-state index is 12.2. The number of aromatic nitrogens is 1. The number of phenolic OH excluding ortho intramolecular Hbond substituents is 1. The minimum atomic E-state index is -0.431. The molecule has 0 spiro atoms. The van der Waals surface area contributed by atoms with E-state index in [-0.39, 0.29) is 22.3 Å². The zero-order valence-corrected chi connectivity index (χ0v) is 11.5. The van der Waals surface area contributed by atoms with Gasteiger partial charge in [-0.25, -0.2) is 4.98 Å². The number of phenols is 1. The molecule has 20 heavy (non-hydrogen) atoms. The molecule has 6 heteroatoms. The third kappa shape index (κ3) is 3.19. The molecular weight excluding hydrogens is 280 g/mol. The van der Waals surface area contributed by atoms with Gasteiger partial charge in [0.25, 0.3) is 5.91 Å². The Balaban J connectivity index is 2.27. The average molecular weight is 293 g/mol. The minimum absolute atomic E-state index is 0.0132. The van der Waals surface area contributed by atoms with E-state index < -0.39 is 5.91 Å². The maximum Gasteiger partial charge on any atom is 0.261 e. The molecule has 1 heterocycles. The third-order valence-electron chi connectivity index (χ3n) is 2.50. The van der Waals surface area contributed by atoms with Gasteiger partial charge in [0.05, 0.1) is 12.3 Å². The maximum atomic E-state index is 12.2. The number of hydrogen-bond acceptors (Lipinski definition) is 4. The van der Waals surface area contributed by atoms with Crippen molar-refractivity contribution in [2.45, 2.75) is 6.92 Å². The standard InChI is InChI=1S/C14H13ClN2O3/c1-2-20-14-9(7-8-12(15)17-14)13(19)16-10-5-3-4-6-11(10)18/h3-8,18H,2H2,1H3,(H,16,19). The quantitative estimate of drug-likeness (QED) is 0.671. The van der Waals surface area contributed by atoms with Gasteiger partial charge in [0.15, 0.2) is 0 Å². The van der Waals surface area contributed by atoms with Crippen molar-refractivity contribution in [2.75, 3.05) is 11.9 Å². The number of pyridine rings is 1. The topological polar surface area (TPSA) is 71.5 Å². The molecule has 0 unspecified atom stereocenters. The van der Waals surface area contributed by atoms with Crippen LogP contribution < -0.4 is 10.1 Å². The molecular formula is C14H13ClN2O3. The van der Waals surface area contributed by atoms with Crippen LogP contribution in [0.4, 0.5) is 5.69 Å². The van der Waals surface area contributed by atoms with E-state index in [9.17, 15) is 9.90 Å². The number of carbonyl (C=O) groups excluding carboxylic acids is 1. The highest BCUT2D eigenvalue weighted by Gasteiger charge is 2.15. The summed E-state index contributed by atoms with van der Waals surface area (Å²) < 4.78 is 5.29. The van der Waals surface area contributed by atoms with E-state index in [2.05, 4.69) is 10.3 Å². The van der Waals surface area contributed by atoms with Crippen molar-refractivity contribution in [1.29, 1.82) is 0 Å². The Morgan fingerprint density at radius 3 is 2.80 bits per heavy atom. The number of rotatable bonds is 4. The fraction of sp³-hybridized carbons (Fsp3) is 0.143. The van der Waals surface area contributed by atoms with Gasteiger partial charge in [0, 0.05) is 0 Å². The molecule has 2 N–H and O–H groups in total. The average Bonchev–Trinajstić information content (AvgIpc) is 2.42. The first-order valence-electron chi connectivity index (χ1n) is 6.00. The number of amides is 1. The molecule has 2 rings (SSSR count). The number of ether oxygens (including phenoxy) is 1. The van der Waals surface area contributed by atoms with Crippen molar-refractivity contribution in [3.8, 4) is 11.6 Å². The fourth-order valence-corrected chi connectivity index (χ4v) is 1.75. The fourth-order valence-electron chi connectivity index (χ4n) is 1.61. The predicted molar refractivity (Wildman–Crippen MR) is 76.5 cm³/mol. The molecule has 104 valence electrons. The van der Waals surface area contributed by atoms with E-state index in [1.165, 1.54) is 18.2 Å². The highest BCUT2D eigenvalue weighted by atomic mass is 35.5. The lowest BCUT2D eigenvalue weighted by Gasteiger charge is -2.10. The molecule has 1 aromatic heterocycles. The van der Waals surface area contributed by atoms with Crippen LogP contribution in [0.2, 0.25) is 5.15 Å². The number of para-hydroxylation sites is 2. The number of nitrogens with one attached hydrogen (secondary N) is 1. The van der Waals surface area contributed by atoms with Crippen molar-refractivity contribution < 1.29 is 14.6 Å². The van der Waals surface area contributed by atoms with Crippen molar-refractivity contribution in [3.63, 3.8) is 0 Å². The SMILES string of the molecule is CCOc1nc(Cl)ccc1C(=O)Nc1ccccc1O. The minimum Gasteiger partial charge on any atom is -0.506 e. The van der Waals surface area contributed by atoms with Crippen LogP contribution in [0, 0.1) is 0 Å². The van der Waals surface area contributed by atoms with E-state index in [0.29, 0.717) is 12.3 Å². The first kappa shape index (κ1) is 14.1. The Labute approximate surface area is 121 Å². The summed E-state index contributed by atoms with van der Waals surface area (Å²) in [6.07, 6.45) is 0. The molecule has 1 aromatic carbocycles. The van der Waals surface area contributed by atoms with Gasteiger partial charge in [-0.3, -0.25) is 4.79 Å². The first-order chi connectivity index (χ1) is 9.61. The van der Waals surface area contributed by atoms with Crippen LogP contribution in [-0.4, -0.2) is 22.6 Å². The smallest absolute Gasteiger partial charge is 0.261 e. The highest BCUT2D eigenvalue weighted by Crippen LogP contribution is 2.24. The molecule has 2 aromatic rings. The number of hydrogen-bond donors (Lipinski definition) is 2. The number of anilines is 1. The number of benzene rings is 1.